The third-order valence-corrected chi connectivity index (χ3v) is 3.33. The lowest BCUT2D eigenvalue weighted by Gasteiger charge is -2.29. The van der Waals surface area contributed by atoms with Crippen molar-refractivity contribution in [1.82, 2.24) is 0 Å². The van der Waals surface area contributed by atoms with Gasteiger partial charge in [-0.2, -0.15) is 5.26 Å². The molecule has 1 aliphatic carbocycles. The standard InChI is InChI=1S/C13H15ClN2O/c14-10-5-6-12(9(7-10)8-15)17-13-4-2-1-3-11(13)16/h5-7,11,13H,1-4,16H2. The molecule has 0 amide bonds. The van der Waals surface area contributed by atoms with Crippen LogP contribution in [-0.2, 0) is 0 Å². The van der Waals surface area contributed by atoms with Crippen molar-refractivity contribution in [2.45, 2.75) is 37.8 Å². The van der Waals surface area contributed by atoms with Crippen molar-refractivity contribution in [1.29, 1.82) is 5.26 Å². The maximum atomic E-state index is 9.02. The van der Waals surface area contributed by atoms with Crippen molar-refractivity contribution in [2.75, 3.05) is 0 Å². The Morgan fingerprint density at radius 3 is 2.82 bits per heavy atom. The molecule has 0 radical (unpaired) electrons. The molecule has 17 heavy (non-hydrogen) atoms. The van der Waals surface area contributed by atoms with Gasteiger partial charge in [0.2, 0.25) is 0 Å². The molecular formula is C13H15ClN2O. The normalized spacial score (nSPS) is 24.1. The van der Waals surface area contributed by atoms with Gasteiger partial charge in [0.1, 0.15) is 17.9 Å². The van der Waals surface area contributed by atoms with E-state index in [1.54, 1.807) is 18.2 Å². The Bertz CT molecular complexity index is 442. The van der Waals surface area contributed by atoms with Crippen LogP contribution in [0.3, 0.4) is 0 Å². The van der Waals surface area contributed by atoms with Crippen LogP contribution < -0.4 is 10.5 Å². The Hall–Kier alpha value is -1.24. The minimum Gasteiger partial charge on any atom is -0.487 e. The molecule has 1 aromatic carbocycles. The average molecular weight is 251 g/mol. The maximum absolute atomic E-state index is 9.02. The Morgan fingerprint density at radius 1 is 1.35 bits per heavy atom. The Labute approximate surface area is 106 Å². The molecule has 1 aliphatic rings. The fourth-order valence-electron chi connectivity index (χ4n) is 2.13. The molecule has 1 saturated carbocycles. The van der Waals surface area contributed by atoms with Gasteiger partial charge in [0, 0.05) is 11.1 Å². The van der Waals surface area contributed by atoms with E-state index in [-0.39, 0.29) is 12.1 Å². The quantitative estimate of drug-likeness (QED) is 0.878. The molecule has 2 rings (SSSR count). The minimum absolute atomic E-state index is 0.0111. The molecule has 0 heterocycles. The second-order valence-electron chi connectivity index (χ2n) is 4.36. The Balaban J connectivity index is 2.15. The summed E-state index contributed by atoms with van der Waals surface area (Å²) in [5, 5.41) is 9.56. The molecule has 2 N–H and O–H groups in total. The molecule has 1 fully saturated rings. The van der Waals surface area contributed by atoms with Crippen LogP contribution in [0.15, 0.2) is 18.2 Å². The fraction of sp³-hybridized carbons (Fsp3) is 0.462. The number of nitriles is 1. The summed E-state index contributed by atoms with van der Waals surface area (Å²) in [6, 6.07) is 7.23. The van der Waals surface area contributed by atoms with E-state index in [0.29, 0.717) is 16.3 Å². The lowest BCUT2D eigenvalue weighted by molar-refractivity contribution is 0.132. The van der Waals surface area contributed by atoms with Gasteiger partial charge in [0.15, 0.2) is 0 Å². The zero-order chi connectivity index (χ0) is 12.3. The summed E-state index contributed by atoms with van der Waals surface area (Å²) in [5.41, 5.74) is 6.48. The van der Waals surface area contributed by atoms with Crippen LogP contribution in [0.5, 0.6) is 5.75 Å². The zero-order valence-electron chi connectivity index (χ0n) is 9.53. The van der Waals surface area contributed by atoms with Crippen LogP contribution in [0.2, 0.25) is 5.02 Å². The summed E-state index contributed by atoms with van der Waals surface area (Å²) in [6.45, 7) is 0. The van der Waals surface area contributed by atoms with E-state index in [1.807, 2.05) is 0 Å². The highest BCUT2D eigenvalue weighted by Gasteiger charge is 2.24. The molecule has 4 heteroatoms. The summed E-state index contributed by atoms with van der Waals surface area (Å²) >= 11 is 5.84. The molecule has 0 aromatic heterocycles. The van der Waals surface area contributed by atoms with Gasteiger partial charge in [-0.25, -0.2) is 0 Å². The van der Waals surface area contributed by atoms with Crippen LogP contribution in [-0.4, -0.2) is 12.1 Å². The molecule has 0 saturated heterocycles. The molecule has 90 valence electrons. The van der Waals surface area contributed by atoms with Crippen molar-refractivity contribution < 1.29 is 4.74 Å². The highest BCUT2D eigenvalue weighted by Crippen LogP contribution is 2.27. The van der Waals surface area contributed by atoms with Crippen molar-refractivity contribution in [3.8, 4) is 11.8 Å². The predicted octanol–water partition coefficient (Wildman–Crippen LogP) is 2.86. The fourth-order valence-corrected chi connectivity index (χ4v) is 2.30. The molecule has 2 atom stereocenters. The lowest BCUT2D eigenvalue weighted by Crippen LogP contribution is -2.41. The number of hydrogen-bond donors (Lipinski definition) is 1. The van der Waals surface area contributed by atoms with E-state index in [4.69, 9.17) is 27.3 Å². The summed E-state index contributed by atoms with van der Waals surface area (Å²) in [6.07, 6.45) is 4.24. The largest absolute Gasteiger partial charge is 0.487 e. The first kappa shape index (κ1) is 12.2. The first-order chi connectivity index (χ1) is 8.20. The number of benzene rings is 1. The van der Waals surface area contributed by atoms with E-state index < -0.39 is 0 Å². The van der Waals surface area contributed by atoms with Crippen molar-refractivity contribution in [3.05, 3.63) is 28.8 Å². The van der Waals surface area contributed by atoms with E-state index >= 15 is 0 Å². The summed E-state index contributed by atoms with van der Waals surface area (Å²) in [5.74, 6) is 0.583. The molecule has 2 unspecified atom stereocenters. The van der Waals surface area contributed by atoms with E-state index in [9.17, 15) is 0 Å². The van der Waals surface area contributed by atoms with E-state index in [1.165, 1.54) is 0 Å². The first-order valence-electron chi connectivity index (χ1n) is 5.82. The highest BCUT2D eigenvalue weighted by molar-refractivity contribution is 6.30. The maximum Gasteiger partial charge on any atom is 0.137 e. The minimum atomic E-state index is 0.0111. The Kier molecular flexibility index (Phi) is 3.88. The number of nitrogens with two attached hydrogens (primary N) is 1. The molecule has 0 aliphatic heterocycles. The van der Waals surface area contributed by atoms with Gasteiger partial charge in [-0.05, 0) is 37.5 Å². The van der Waals surface area contributed by atoms with E-state index in [0.717, 1.165) is 25.7 Å². The number of nitrogens with zero attached hydrogens (tertiary/aromatic N) is 1. The van der Waals surface area contributed by atoms with Crippen LogP contribution in [0, 0.1) is 11.3 Å². The van der Waals surface area contributed by atoms with Gasteiger partial charge in [-0.15, -0.1) is 0 Å². The molecule has 0 spiro atoms. The number of halogens is 1. The Morgan fingerprint density at radius 2 is 2.12 bits per heavy atom. The first-order valence-corrected chi connectivity index (χ1v) is 6.20. The van der Waals surface area contributed by atoms with Crippen molar-refractivity contribution >= 4 is 11.6 Å². The van der Waals surface area contributed by atoms with E-state index in [2.05, 4.69) is 6.07 Å². The van der Waals surface area contributed by atoms with Gasteiger partial charge in [0.25, 0.3) is 0 Å². The van der Waals surface area contributed by atoms with Gasteiger partial charge >= 0.3 is 0 Å². The highest BCUT2D eigenvalue weighted by atomic mass is 35.5. The number of ether oxygens (including phenoxy) is 1. The van der Waals surface area contributed by atoms with Gasteiger partial charge in [-0.1, -0.05) is 18.0 Å². The van der Waals surface area contributed by atoms with Gasteiger partial charge in [0.05, 0.1) is 5.56 Å². The third kappa shape index (κ3) is 2.91. The molecular weight excluding hydrogens is 236 g/mol. The monoisotopic (exact) mass is 250 g/mol. The van der Waals surface area contributed by atoms with Crippen LogP contribution in [0.4, 0.5) is 0 Å². The topological polar surface area (TPSA) is 59.0 Å². The molecule has 3 nitrogen and oxygen atoms in total. The molecule has 1 aromatic rings. The van der Waals surface area contributed by atoms with Gasteiger partial charge < -0.3 is 10.5 Å². The predicted molar refractivity (Wildman–Crippen MR) is 67.0 cm³/mol. The molecule has 0 bridgehead atoms. The SMILES string of the molecule is N#Cc1cc(Cl)ccc1OC1CCCCC1N. The smallest absolute Gasteiger partial charge is 0.137 e. The van der Waals surface area contributed by atoms with Crippen LogP contribution in [0.25, 0.3) is 0 Å². The number of rotatable bonds is 2. The summed E-state index contributed by atoms with van der Waals surface area (Å²) in [4.78, 5) is 0. The van der Waals surface area contributed by atoms with Crippen molar-refractivity contribution in [3.63, 3.8) is 0 Å². The third-order valence-electron chi connectivity index (χ3n) is 3.09. The number of hydrogen-bond acceptors (Lipinski definition) is 3. The lowest BCUT2D eigenvalue weighted by atomic mass is 9.93. The summed E-state index contributed by atoms with van der Waals surface area (Å²) in [7, 11) is 0. The second-order valence-corrected chi connectivity index (χ2v) is 4.79. The van der Waals surface area contributed by atoms with Crippen LogP contribution in [0.1, 0.15) is 31.2 Å². The zero-order valence-corrected chi connectivity index (χ0v) is 10.3. The van der Waals surface area contributed by atoms with Gasteiger partial charge in [-0.3, -0.25) is 0 Å². The van der Waals surface area contributed by atoms with Crippen molar-refractivity contribution in [2.24, 2.45) is 5.73 Å². The second kappa shape index (κ2) is 5.39. The summed E-state index contributed by atoms with van der Waals surface area (Å²) < 4.78 is 5.84. The van der Waals surface area contributed by atoms with Crippen LogP contribution >= 0.6 is 11.6 Å². The average Bonchev–Trinajstić information content (AvgIpc) is 2.34.